The second-order valence-electron chi connectivity index (χ2n) is 9.51. The second kappa shape index (κ2) is 3.82. The van der Waals surface area contributed by atoms with E-state index in [1.165, 1.54) is 19.3 Å². The minimum atomic E-state index is -0.565. The molecule has 0 radical (unpaired) electrons. The fraction of sp³-hybridized carbons (Fsp3) is 0.850. The van der Waals surface area contributed by atoms with Gasteiger partial charge in [0.25, 0.3) is 0 Å². The SMILES string of the molecule is CC1C(CC(=O)O)C2CC1C1C3CC(C4C5C=CC(C5)C34)C21. The Morgan fingerprint density at radius 2 is 1.50 bits per heavy atom. The second-order valence-corrected chi connectivity index (χ2v) is 9.51. The number of aliphatic carboxylic acids is 1. The Bertz CT molecular complexity index is 580. The maximum Gasteiger partial charge on any atom is 0.303 e. The van der Waals surface area contributed by atoms with Crippen molar-refractivity contribution in [1.29, 1.82) is 0 Å². The predicted molar refractivity (Wildman–Crippen MR) is 82.8 cm³/mol. The summed E-state index contributed by atoms with van der Waals surface area (Å²) < 4.78 is 0. The lowest BCUT2D eigenvalue weighted by Gasteiger charge is -2.47. The first kappa shape index (κ1) is 12.6. The van der Waals surface area contributed by atoms with Gasteiger partial charge in [0, 0.05) is 6.42 Å². The van der Waals surface area contributed by atoms with Crippen LogP contribution in [0.1, 0.15) is 32.6 Å². The minimum absolute atomic E-state index is 0.434. The van der Waals surface area contributed by atoms with E-state index in [-0.39, 0.29) is 0 Å². The molecule has 0 amide bonds. The Morgan fingerprint density at radius 1 is 0.909 bits per heavy atom. The molecule has 12 unspecified atom stereocenters. The molecule has 0 aromatic carbocycles. The van der Waals surface area contributed by atoms with Crippen LogP contribution in [-0.2, 0) is 4.79 Å². The topological polar surface area (TPSA) is 37.3 Å². The van der Waals surface area contributed by atoms with Crippen LogP contribution in [0.15, 0.2) is 12.2 Å². The molecule has 0 heterocycles. The van der Waals surface area contributed by atoms with Crippen molar-refractivity contribution in [2.24, 2.45) is 71.0 Å². The number of rotatable bonds is 2. The van der Waals surface area contributed by atoms with Crippen molar-refractivity contribution in [3.63, 3.8) is 0 Å². The predicted octanol–water partition coefficient (Wildman–Crippen LogP) is 3.68. The molecule has 118 valence electrons. The molecule has 22 heavy (non-hydrogen) atoms. The molecule has 2 heteroatoms. The van der Waals surface area contributed by atoms with Crippen molar-refractivity contribution in [2.75, 3.05) is 0 Å². The summed E-state index contributed by atoms with van der Waals surface area (Å²) >= 11 is 0. The van der Waals surface area contributed by atoms with Gasteiger partial charge in [-0.25, -0.2) is 0 Å². The average Bonchev–Trinajstić information content (AvgIpc) is 3.26. The van der Waals surface area contributed by atoms with Crippen LogP contribution < -0.4 is 0 Å². The van der Waals surface area contributed by atoms with Gasteiger partial charge in [-0.05, 0) is 90.3 Å². The van der Waals surface area contributed by atoms with E-state index in [1.54, 1.807) is 0 Å². The van der Waals surface area contributed by atoms with Gasteiger partial charge in [-0.15, -0.1) is 0 Å². The van der Waals surface area contributed by atoms with Gasteiger partial charge in [-0.1, -0.05) is 19.1 Å². The molecule has 5 fully saturated rings. The van der Waals surface area contributed by atoms with Gasteiger partial charge in [0.05, 0.1) is 0 Å². The van der Waals surface area contributed by atoms with E-state index in [0.29, 0.717) is 18.3 Å². The van der Waals surface area contributed by atoms with Crippen LogP contribution in [-0.4, -0.2) is 11.1 Å². The van der Waals surface area contributed by atoms with Gasteiger partial charge < -0.3 is 5.11 Å². The van der Waals surface area contributed by atoms with Crippen molar-refractivity contribution < 1.29 is 9.90 Å². The zero-order chi connectivity index (χ0) is 14.7. The third kappa shape index (κ3) is 1.22. The van der Waals surface area contributed by atoms with E-state index in [4.69, 9.17) is 0 Å². The number of carboxylic acids is 1. The highest BCUT2D eigenvalue weighted by Gasteiger charge is 2.72. The smallest absolute Gasteiger partial charge is 0.303 e. The molecule has 6 rings (SSSR count). The Kier molecular flexibility index (Phi) is 2.19. The highest BCUT2D eigenvalue weighted by molar-refractivity contribution is 5.67. The highest BCUT2D eigenvalue weighted by Crippen LogP contribution is 2.77. The first-order chi connectivity index (χ1) is 10.6. The minimum Gasteiger partial charge on any atom is -0.481 e. The summed E-state index contributed by atoms with van der Waals surface area (Å²) in [5.74, 6) is 9.84. The average molecular weight is 298 g/mol. The summed E-state index contributed by atoms with van der Waals surface area (Å²) in [4.78, 5) is 11.3. The standard InChI is InChI=1S/C20H26O2/c1-8-11(7-16(21)22)13-5-12(8)19-14-6-15(20(13)19)18-10-3-2-9(4-10)17(14)18/h2-3,8-15,17-20H,4-7H2,1H3,(H,21,22). The van der Waals surface area contributed by atoms with Crippen LogP contribution in [0.4, 0.5) is 0 Å². The molecule has 0 aromatic heterocycles. The monoisotopic (exact) mass is 298 g/mol. The summed E-state index contributed by atoms with van der Waals surface area (Å²) in [5, 5.41) is 9.32. The zero-order valence-electron chi connectivity index (χ0n) is 13.3. The quantitative estimate of drug-likeness (QED) is 0.623. The summed E-state index contributed by atoms with van der Waals surface area (Å²) in [6, 6.07) is 0. The molecular weight excluding hydrogens is 272 g/mol. The molecule has 0 spiro atoms. The molecule has 6 aliphatic carbocycles. The van der Waals surface area contributed by atoms with E-state index in [1.807, 2.05) is 0 Å². The lowest BCUT2D eigenvalue weighted by Crippen LogP contribution is -2.44. The molecular formula is C20H26O2. The third-order valence-corrected chi connectivity index (χ3v) is 9.39. The van der Waals surface area contributed by atoms with E-state index in [9.17, 15) is 9.90 Å². The summed E-state index contributed by atoms with van der Waals surface area (Å²) in [7, 11) is 0. The normalized spacial score (nSPS) is 65.3. The fourth-order valence-corrected chi connectivity index (χ4v) is 9.24. The maximum atomic E-state index is 11.3. The number of hydrogen-bond acceptors (Lipinski definition) is 1. The van der Waals surface area contributed by atoms with E-state index in [2.05, 4.69) is 19.1 Å². The van der Waals surface area contributed by atoms with E-state index in [0.717, 1.165) is 59.2 Å². The number of hydrogen-bond donors (Lipinski definition) is 1. The number of allylic oxidation sites excluding steroid dienone is 2. The molecule has 2 nitrogen and oxygen atoms in total. The molecule has 5 saturated carbocycles. The van der Waals surface area contributed by atoms with Crippen LogP contribution in [0.25, 0.3) is 0 Å². The van der Waals surface area contributed by atoms with Gasteiger partial charge >= 0.3 is 5.97 Å². The Labute approximate surface area is 132 Å². The molecule has 0 aliphatic heterocycles. The van der Waals surface area contributed by atoms with Crippen molar-refractivity contribution >= 4 is 5.97 Å². The van der Waals surface area contributed by atoms with Crippen molar-refractivity contribution in [2.45, 2.75) is 32.6 Å². The highest BCUT2D eigenvalue weighted by atomic mass is 16.4. The molecule has 1 N–H and O–H groups in total. The number of fused-ring (bicyclic) bond motifs is 16. The molecule has 6 bridgehead atoms. The Hall–Kier alpha value is -0.790. The van der Waals surface area contributed by atoms with Crippen molar-refractivity contribution in [3.05, 3.63) is 12.2 Å². The summed E-state index contributed by atoms with van der Waals surface area (Å²) in [6.07, 6.45) is 9.83. The third-order valence-electron chi connectivity index (χ3n) is 9.39. The van der Waals surface area contributed by atoms with E-state index < -0.39 is 5.97 Å². The van der Waals surface area contributed by atoms with Gasteiger partial charge in [-0.2, -0.15) is 0 Å². The zero-order valence-corrected chi connectivity index (χ0v) is 13.3. The van der Waals surface area contributed by atoms with Gasteiger partial charge in [0.15, 0.2) is 0 Å². The van der Waals surface area contributed by atoms with Gasteiger partial charge in [-0.3, -0.25) is 4.79 Å². The number of carboxylic acid groups (broad SMARTS) is 1. The van der Waals surface area contributed by atoms with Crippen LogP contribution >= 0.6 is 0 Å². The van der Waals surface area contributed by atoms with E-state index >= 15 is 0 Å². The van der Waals surface area contributed by atoms with Crippen LogP contribution in [0.3, 0.4) is 0 Å². The summed E-state index contributed by atoms with van der Waals surface area (Å²) in [5.41, 5.74) is 0. The van der Waals surface area contributed by atoms with Crippen LogP contribution in [0, 0.1) is 71.0 Å². The molecule has 6 aliphatic rings. The fourth-order valence-electron chi connectivity index (χ4n) is 9.24. The Balaban J connectivity index is 1.37. The molecule has 0 saturated heterocycles. The number of carbonyl (C=O) groups is 1. The largest absolute Gasteiger partial charge is 0.481 e. The van der Waals surface area contributed by atoms with Crippen molar-refractivity contribution in [1.82, 2.24) is 0 Å². The first-order valence-corrected chi connectivity index (χ1v) is 9.55. The maximum absolute atomic E-state index is 11.3. The molecule has 12 atom stereocenters. The van der Waals surface area contributed by atoms with Crippen molar-refractivity contribution in [3.8, 4) is 0 Å². The summed E-state index contributed by atoms with van der Waals surface area (Å²) in [6.45, 7) is 2.37. The lowest BCUT2D eigenvalue weighted by atomic mass is 9.57. The van der Waals surface area contributed by atoms with Gasteiger partial charge in [0.1, 0.15) is 0 Å². The Morgan fingerprint density at radius 3 is 2.14 bits per heavy atom. The van der Waals surface area contributed by atoms with Crippen LogP contribution in [0.2, 0.25) is 0 Å². The lowest BCUT2D eigenvalue weighted by molar-refractivity contribution is -0.139. The van der Waals surface area contributed by atoms with Gasteiger partial charge in [0.2, 0.25) is 0 Å². The first-order valence-electron chi connectivity index (χ1n) is 9.55. The molecule has 0 aromatic rings. The van der Waals surface area contributed by atoms with Crippen LogP contribution in [0.5, 0.6) is 0 Å².